The molecule has 0 radical (unpaired) electrons. The van der Waals surface area contributed by atoms with E-state index in [1.54, 1.807) is 26.8 Å². The van der Waals surface area contributed by atoms with E-state index in [0.29, 0.717) is 5.69 Å². The highest BCUT2D eigenvalue weighted by Gasteiger charge is 2.25. The molecule has 4 aromatic rings. The Morgan fingerprint density at radius 1 is 1.06 bits per heavy atom. The summed E-state index contributed by atoms with van der Waals surface area (Å²) in [4.78, 5) is 12.1. The molecular weight excluding hydrogens is 434 g/mol. The highest BCUT2D eigenvalue weighted by molar-refractivity contribution is 7.94. The number of hydrogen-bond donors (Lipinski definition) is 2. The van der Waals surface area contributed by atoms with Crippen LogP contribution >= 0.6 is 11.3 Å². The number of para-hydroxylation sites is 1. The van der Waals surface area contributed by atoms with Crippen molar-refractivity contribution in [3.63, 3.8) is 0 Å². The standard InChI is InChI=1S/C21H23N5O3S2/c1-5-26-16-9-7-6-8-14(16)15-12-13(10-11-17(15)26)25-31(28,29)20-24-23-19(30-20)22-18(27)21(2,3)4/h6-12,25H,5H2,1-4H3,(H,22,23,27). The highest BCUT2D eigenvalue weighted by Crippen LogP contribution is 2.32. The normalized spacial score (nSPS) is 12.4. The third-order valence-electron chi connectivity index (χ3n) is 4.88. The van der Waals surface area contributed by atoms with E-state index in [-0.39, 0.29) is 15.4 Å². The minimum atomic E-state index is -3.95. The lowest BCUT2D eigenvalue weighted by Gasteiger charge is -2.15. The number of hydrogen-bond acceptors (Lipinski definition) is 6. The number of nitrogens with one attached hydrogen (secondary N) is 2. The molecule has 10 heteroatoms. The number of amides is 1. The number of rotatable bonds is 5. The first-order valence-electron chi connectivity index (χ1n) is 9.79. The summed E-state index contributed by atoms with van der Waals surface area (Å²) in [7, 11) is -3.95. The summed E-state index contributed by atoms with van der Waals surface area (Å²) in [5.41, 5.74) is 1.94. The quantitative estimate of drug-likeness (QED) is 0.431. The van der Waals surface area contributed by atoms with Gasteiger partial charge in [-0.15, -0.1) is 10.2 Å². The van der Waals surface area contributed by atoms with Gasteiger partial charge in [-0.3, -0.25) is 9.52 Å². The first-order chi connectivity index (χ1) is 14.6. The average Bonchev–Trinajstić information content (AvgIpc) is 3.30. The second-order valence-corrected chi connectivity index (χ2v) is 11.0. The fourth-order valence-corrected chi connectivity index (χ4v) is 5.26. The lowest BCUT2D eigenvalue weighted by atomic mass is 9.96. The Bertz CT molecular complexity index is 1400. The molecule has 8 nitrogen and oxygen atoms in total. The SMILES string of the molecule is CCn1c2ccccc2c2cc(NS(=O)(=O)c3nnc(NC(=O)C(C)(C)C)s3)ccc21. The molecule has 0 spiro atoms. The number of carbonyl (C=O) groups excluding carboxylic acids is 1. The maximum absolute atomic E-state index is 12.8. The molecule has 2 N–H and O–H groups in total. The van der Waals surface area contributed by atoms with Crippen molar-refractivity contribution in [2.24, 2.45) is 5.41 Å². The van der Waals surface area contributed by atoms with Gasteiger partial charge in [0.05, 0.1) is 0 Å². The van der Waals surface area contributed by atoms with Crippen molar-refractivity contribution in [1.29, 1.82) is 0 Å². The maximum Gasteiger partial charge on any atom is 0.291 e. The Morgan fingerprint density at radius 2 is 1.77 bits per heavy atom. The van der Waals surface area contributed by atoms with Gasteiger partial charge in [0, 0.05) is 39.5 Å². The summed E-state index contributed by atoms with van der Waals surface area (Å²) >= 11 is 0.809. The van der Waals surface area contributed by atoms with Crippen LogP contribution in [0.4, 0.5) is 10.8 Å². The van der Waals surface area contributed by atoms with Crippen LogP contribution in [0.3, 0.4) is 0 Å². The van der Waals surface area contributed by atoms with Gasteiger partial charge in [0.15, 0.2) is 0 Å². The monoisotopic (exact) mass is 457 g/mol. The summed E-state index contributed by atoms with van der Waals surface area (Å²) in [5, 5.41) is 12.3. The number of fused-ring (bicyclic) bond motifs is 3. The molecule has 2 aromatic carbocycles. The van der Waals surface area contributed by atoms with Gasteiger partial charge in [-0.2, -0.15) is 8.42 Å². The van der Waals surface area contributed by atoms with Gasteiger partial charge in [0.25, 0.3) is 14.4 Å². The highest BCUT2D eigenvalue weighted by atomic mass is 32.2. The molecule has 2 heterocycles. The summed E-state index contributed by atoms with van der Waals surface area (Å²) in [5.74, 6) is -0.265. The van der Waals surface area contributed by atoms with E-state index in [1.165, 1.54) is 0 Å². The Kier molecular flexibility index (Phi) is 5.22. The zero-order valence-electron chi connectivity index (χ0n) is 17.6. The van der Waals surface area contributed by atoms with Gasteiger partial charge in [-0.25, -0.2) is 0 Å². The van der Waals surface area contributed by atoms with Crippen LogP contribution in [0.2, 0.25) is 0 Å². The van der Waals surface area contributed by atoms with Crippen LogP contribution in [-0.2, 0) is 21.4 Å². The molecular formula is C21H23N5O3S2. The molecule has 0 bridgehead atoms. The van der Waals surface area contributed by atoms with E-state index in [2.05, 4.69) is 37.8 Å². The van der Waals surface area contributed by atoms with Crippen LogP contribution in [0.25, 0.3) is 21.8 Å². The molecule has 0 fully saturated rings. The lowest BCUT2D eigenvalue weighted by Crippen LogP contribution is -2.27. The molecule has 0 aliphatic carbocycles. The van der Waals surface area contributed by atoms with Crippen molar-refractivity contribution >= 4 is 59.9 Å². The second kappa shape index (κ2) is 7.61. The number of nitrogens with zero attached hydrogens (tertiary/aromatic N) is 3. The molecule has 0 aliphatic rings. The van der Waals surface area contributed by atoms with E-state index in [0.717, 1.165) is 39.7 Å². The number of sulfonamides is 1. The summed E-state index contributed by atoms with van der Waals surface area (Å²) in [6.45, 7) is 8.16. The Balaban J connectivity index is 1.64. The third-order valence-corrected chi connectivity index (χ3v) is 7.47. The predicted molar refractivity (Wildman–Crippen MR) is 124 cm³/mol. The van der Waals surface area contributed by atoms with Crippen molar-refractivity contribution in [2.45, 2.75) is 38.6 Å². The fourth-order valence-electron chi connectivity index (χ4n) is 3.31. The first-order valence-corrected chi connectivity index (χ1v) is 12.1. The van der Waals surface area contributed by atoms with E-state index in [1.807, 2.05) is 30.3 Å². The summed E-state index contributed by atoms with van der Waals surface area (Å²) < 4.78 is 30.2. The minimum Gasteiger partial charge on any atom is -0.341 e. The Labute approximate surface area is 184 Å². The van der Waals surface area contributed by atoms with Gasteiger partial charge in [-0.05, 0) is 31.2 Å². The number of benzene rings is 2. The van der Waals surface area contributed by atoms with Crippen molar-refractivity contribution in [2.75, 3.05) is 10.0 Å². The van der Waals surface area contributed by atoms with Crippen molar-refractivity contribution in [3.8, 4) is 0 Å². The molecule has 0 atom stereocenters. The van der Waals surface area contributed by atoms with Gasteiger partial charge >= 0.3 is 0 Å². The van der Waals surface area contributed by atoms with Gasteiger partial charge < -0.3 is 9.88 Å². The largest absolute Gasteiger partial charge is 0.341 e. The van der Waals surface area contributed by atoms with Gasteiger partial charge in [0.2, 0.25) is 11.0 Å². The van der Waals surface area contributed by atoms with E-state index < -0.39 is 15.4 Å². The molecule has 4 rings (SSSR count). The van der Waals surface area contributed by atoms with Crippen LogP contribution in [0, 0.1) is 5.41 Å². The van der Waals surface area contributed by atoms with Crippen molar-refractivity contribution in [3.05, 3.63) is 42.5 Å². The second-order valence-electron chi connectivity index (χ2n) is 8.18. The molecule has 2 aromatic heterocycles. The first kappa shape index (κ1) is 21.3. The van der Waals surface area contributed by atoms with Crippen molar-refractivity contribution in [1.82, 2.24) is 14.8 Å². The summed E-state index contributed by atoms with van der Waals surface area (Å²) in [6.07, 6.45) is 0. The molecule has 162 valence electrons. The molecule has 31 heavy (non-hydrogen) atoms. The maximum atomic E-state index is 12.8. The number of carbonyl (C=O) groups is 1. The summed E-state index contributed by atoms with van der Waals surface area (Å²) in [6, 6.07) is 13.5. The van der Waals surface area contributed by atoms with Crippen LogP contribution in [0.5, 0.6) is 0 Å². The van der Waals surface area contributed by atoms with E-state index >= 15 is 0 Å². The zero-order valence-corrected chi connectivity index (χ0v) is 19.3. The predicted octanol–water partition coefficient (Wildman–Crippen LogP) is 4.45. The number of anilines is 2. The van der Waals surface area contributed by atoms with Crippen LogP contribution in [-0.4, -0.2) is 29.1 Å². The fraction of sp³-hybridized carbons (Fsp3) is 0.286. The molecule has 1 amide bonds. The molecule has 0 unspecified atom stereocenters. The Morgan fingerprint density at radius 3 is 2.48 bits per heavy atom. The molecule has 0 saturated heterocycles. The average molecular weight is 458 g/mol. The van der Waals surface area contributed by atoms with Crippen LogP contribution in [0.1, 0.15) is 27.7 Å². The molecule has 0 saturated carbocycles. The zero-order chi connectivity index (χ0) is 22.4. The van der Waals surface area contributed by atoms with Crippen LogP contribution in [0.15, 0.2) is 46.8 Å². The van der Waals surface area contributed by atoms with Gasteiger partial charge in [-0.1, -0.05) is 50.3 Å². The Hall–Kier alpha value is -2.98. The van der Waals surface area contributed by atoms with E-state index in [4.69, 9.17) is 0 Å². The lowest BCUT2D eigenvalue weighted by molar-refractivity contribution is -0.123. The van der Waals surface area contributed by atoms with E-state index in [9.17, 15) is 13.2 Å². The third kappa shape index (κ3) is 4.00. The topological polar surface area (TPSA) is 106 Å². The molecule has 0 aliphatic heterocycles. The number of aromatic nitrogens is 3. The van der Waals surface area contributed by atoms with Crippen LogP contribution < -0.4 is 10.0 Å². The minimum absolute atomic E-state index is 0.141. The smallest absolute Gasteiger partial charge is 0.291 e. The van der Waals surface area contributed by atoms with Crippen molar-refractivity contribution < 1.29 is 13.2 Å². The van der Waals surface area contributed by atoms with Gasteiger partial charge in [0.1, 0.15) is 0 Å². The number of aryl methyl sites for hydroxylation is 1.